The van der Waals surface area contributed by atoms with E-state index in [1.165, 1.54) is 21.9 Å². The van der Waals surface area contributed by atoms with E-state index in [4.69, 9.17) is 9.97 Å². The van der Waals surface area contributed by atoms with E-state index in [1.807, 2.05) is 42.9 Å². The van der Waals surface area contributed by atoms with Gasteiger partial charge < -0.3 is 0 Å². The molecule has 0 unspecified atom stereocenters. The summed E-state index contributed by atoms with van der Waals surface area (Å²) in [4.78, 5) is 14.1. The molecule has 0 aliphatic carbocycles. The van der Waals surface area contributed by atoms with Crippen molar-refractivity contribution in [3.8, 4) is 44.8 Å². The number of fused-ring (bicyclic) bond motifs is 3. The third-order valence-corrected chi connectivity index (χ3v) is 7.42. The molecule has 3 heterocycles. The summed E-state index contributed by atoms with van der Waals surface area (Å²) in [6.07, 6.45) is 5.61. The lowest BCUT2D eigenvalue weighted by molar-refractivity contribution is 1.27. The lowest BCUT2D eigenvalue weighted by Crippen LogP contribution is -1.94. The van der Waals surface area contributed by atoms with Crippen molar-refractivity contribution < 1.29 is 0 Å². The van der Waals surface area contributed by atoms with Gasteiger partial charge in [0.1, 0.15) is 0 Å². The Morgan fingerprint density at radius 2 is 1.26 bits per heavy atom. The predicted molar refractivity (Wildman–Crippen MR) is 161 cm³/mol. The SMILES string of the molecule is Cc1c(-c2cc3ncccc3c3ccc(-c4ccccc4)cc23)ccnc1-c1cccc(-c2ccccn2)c1. The Kier molecular flexibility index (Phi) is 5.68. The van der Waals surface area contributed by atoms with Crippen molar-refractivity contribution in [2.24, 2.45) is 0 Å². The molecule has 0 saturated carbocycles. The molecule has 0 fully saturated rings. The summed E-state index contributed by atoms with van der Waals surface area (Å²) in [6.45, 7) is 2.17. The lowest BCUT2D eigenvalue weighted by Gasteiger charge is -2.16. The van der Waals surface area contributed by atoms with Crippen LogP contribution in [0.15, 0.2) is 134 Å². The zero-order valence-corrected chi connectivity index (χ0v) is 21.5. The maximum absolute atomic E-state index is 4.84. The summed E-state index contributed by atoms with van der Waals surface area (Å²) in [5.74, 6) is 0. The zero-order valence-electron chi connectivity index (χ0n) is 21.5. The summed E-state index contributed by atoms with van der Waals surface area (Å²) in [7, 11) is 0. The standard InChI is InChI=1S/C36H25N3/c1-24-29(17-20-39-36(24)28-12-7-11-27(21-28)34-14-5-6-18-37-34)33-23-35-31(13-8-19-38-35)30-16-15-26(22-32(30)33)25-9-3-2-4-10-25/h2-23H,1H3. The molecule has 0 atom stereocenters. The number of benzene rings is 4. The molecule has 184 valence electrons. The van der Waals surface area contributed by atoms with Gasteiger partial charge in [-0.05, 0) is 88.0 Å². The number of aromatic nitrogens is 3. The molecular weight excluding hydrogens is 474 g/mol. The first-order chi connectivity index (χ1) is 19.3. The van der Waals surface area contributed by atoms with Gasteiger partial charge in [0.15, 0.2) is 0 Å². The van der Waals surface area contributed by atoms with Crippen molar-refractivity contribution in [2.75, 3.05) is 0 Å². The Hall–Kier alpha value is -5.15. The minimum Gasteiger partial charge on any atom is -0.256 e. The molecule has 3 aromatic heterocycles. The van der Waals surface area contributed by atoms with Crippen LogP contribution in [0.4, 0.5) is 0 Å². The summed E-state index contributed by atoms with van der Waals surface area (Å²) in [5.41, 5.74) is 10.9. The van der Waals surface area contributed by atoms with Crippen LogP contribution in [-0.2, 0) is 0 Å². The van der Waals surface area contributed by atoms with E-state index in [0.29, 0.717) is 0 Å². The van der Waals surface area contributed by atoms with E-state index in [0.717, 1.165) is 50.1 Å². The minimum atomic E-state index is 0.952. The molecule has 0 amide bonds. The van der Waals surface area contributed by atoms with Gasteiger partial charge in [-0.25, -0.2) is 0 Å². The Labute approximate surface area is 227 Å². The third-order valence-electron chi connectivity index (χ3n) is 7.42. The minimum absolute atomic E-state index is 0.952. The lowest BCUT2D eigenvalue weighted by atomic mass is 9.89. The van der Waals surface area contributed by atoms with Crippen molar-refractivity contribution in [3.05, 3.63) is 139 Å². The maximum atomic E-state index is 4.84. The highest BCUT2D eigenvalue weighted by Crippen LogP contribution is 2.39. The van der Waals surface area contributed by atoms with Crippen LogP contribution in [0.1, 0.15) is 5.56 Å². The molecule has 7 aromatic rings. The Balaban J connectivity index is 1.45. The van der Waals surface area contributed by atoms with Gasteiger partial charge in [0.25, 0.3) is 0 Å². The fourth-order valence-electron chi connectivity index (χ4n) is 5.49. The molecule has 0 N–H and O–H groups in total. The van der Waals surface area contributed by atoms with E-state index in [9.17, 15) is 0 Å². The average molecular weight is 500 g/mol. The molecule has 0 radical (unpaired) electrons. The van der Waals surface area contributed by atoms with E-state index < -0.39 is 0 Å². The topological polar surface area (TPSA) is 38.7 Å². The summed E-state index contributed by atoms with van der Waals surface area (Å²) >= 11 is 0. The number of nitrogens with zero attached hydrogens (tertiary/aromatic N) is 3. The monoisotopic (exact) mass is 499 g/mol. The highest BCUT2D eigenvalue weighted by Gasteiger charge is 2.16. The molecule has 0 saturated heterocycles. The molecule has 0 spiro atoms. The highest BCUT2D eigenvalue weighted by molar-refractivity contribution is 6.14. The van der Waals surface area contributed by atoms with Crippen LogP contribution < -0.4 is 0 Å². The van der Waals surface area contributed by atoms with Gasteiger partial charge in [-0.3, -0.25) is 15.0 Å². The van der Waals surface area contributed by atoms with Crippen molar-refractivity contribution in [1.82, 2.24) is 15.0 Å². The molecular formula is C36H25N3. The fourth-order valence-corrected chi connectivity index (χ4v) is 5.49. The zero-order chi connectivity index (χ0) is 26.2. The summed E-state index contributed by atoms with van der Waals surface area (Å²) < 4.78 is 0. The molecule has 7 rings (SSSR count). The molecule has 0 aliphatic heterocycles. The summed E-state index contributed by atoms with van der Waals surface area (Å²) in [5, 5.41) is 3.57. The Morgan fingerprint density at radius 3 is 2.13 bits per heavy atom. The number of pyridine rings is 3. The first-order valence-electron chi connectivity index (χ1n) is 13.1. The second-order valence-corrected chi connectivity index (χ2v) is 9.75. The van der Waals surface area contributed by atoms with Crippen molar-refractivity contribution in [1.29, 1.82) is 0 Å². The predicted octanol–water partition coefficient (Wildman–Crippen LogP) is 9.15. The van der Waals surface area contributed by atoms with Crippen LogP contribution in [0.5, 0.6) is 0 Å². The van der Waals surface area contributed by atoms with E-state index >= 15 is 0 Å². The number of hydrogen-bond donors (Lipinski definition) is 0. The van der Waals surface area contributed by atoms with Gasteiger partial charge in [0, 0.05) is 35.1 Å². The molecule has 4 aromatic carbocycles. The first kappa shape index (κ1) is 23.0. The van der Waals surface area contributed by atoms with Gasteiger partial charge >= 0.3 is 0 Å². The molecule has 3 heteroatoms. The third kappa shape index (κ3) is 4.14. The van der Waals surface area contributed by atoms with Gasteiger partial charge in [-0.15, -0.1) is 0 Å². The largest absolute Gasteiger partial charge is 0.256 e. The van der Waals surface area contributed by atoms with Crippen molar-refractivity contribution >= 4 is 21.7 Å². The van der Waals surface area contributed by atoms with Crippen LogP contribution in [0.25, 0.3) is 66.4 Å². The number of rotatable bonds is 4. The quantitative estimate of drug-likeness (QED) is 0.227. The average Bonchev–Trinajstić information content (AvgIpc) is 3.01. The second kappa shape index (κ2) is 9.62. The molecule has 0 bridgehead atoms. The van der Waals surface area contributed by atoms with Gasteiger partial charge in [0.05, 0.1) is 16.9 Å². The van der Waals surface area contributed by atoms with Gasteiger partial charge in [-0.2, -0.15) is 0 Å². The van der Waals surface area contributed by atoms with E-state index in [2.05, 4.69) is 103 Å². The van der Waals surface area contributed by atoms with Gasteiger partial charge in [0.2, 0.25) is 0 Å². The smallest absolute Gasteiger partial charge is 0.0737 e. The van der Waals surface area contributed by atoms with Crippen LogP contribution in [0, 0.1) is 6.92 Å². The maximum Gasteiger partial charge on any atom is 0.0737 e. The number of hydrogen-bond acceptors (Lipinski definition) is 3. The Morgan fingerprint density at radius 1 is 0.436 bits per heavy atom. The first-order valence-corrected chi connectivity index (χ1v) is 13.1. The normalized spacial score (nSPS) is 11.2. The van der Waals surface area contributed by atoms with Crippen molar-refractivity contribution in [3.63, 3.8) is 0 Å². The van der Waals surface area contributed by atoms with Crippen LogP contribution >= 0.6 is 0 Å². The van der Waals surface area contributed by atoms with E-state index in [-0.39, 0.29) is 0 Å². The molecule has 3 nitrogen and oxygen atoms in total. The molecule has 39 heavy (non-hydrogen) atoms. The van der Waals surface area contributed by atoms with E-state index in [1.54, 1.807) is 0 Å². The Bertz CT molecular complexity index is 1960. The van der Waals surface area contributed by atoms with Crippen LogP contribution in [0.3, 0.4) is 0 Å². The van der Waals surface area contributed by atoms with Gasteiger partial charge in [-0.1, -0.05) is 72.8 Å². The fraction of sp³-hybridized carbons (Fsp3) is 0.0278. The second-order valence-electron chi connectivity index (χ2n) is 9.75. The van der Waals surface area contributed by atoms with Crippen molar-refractivity contribution in [2.45, 2.75) is 6.92 Å². The summed E-state index contributed by atoms with van der Waals surface area (Å²) in [6, 6.07) is 40.3. The van der Waals surface area contributed by atoms with Crippen LogP contribution in [-0.4, -0.2) is 15.0 Å². The van der Waals surface area contributed by atoms with Crippen LogP contribution in [0.2, 0.25) is 0 Å². The molecule has 0 aliphatic rings. The highest BCUT2D eigenvalue weighted by atomic mass is 14.7.